The first-order chi connectivity index (χ1) is 11.2. The molecule has 23 heavy (non-hydrogen) atoms. The van der Waals surface area contributed by atoms with E-state index >= 15 is 0 Å². The van der Waals surface area contributed by atoms with Gasteiger partial charge >= 0.3 is 0 Å². The first-order valence-corrected chi connectivity index (χ1v) is 8.39. The predicted molar refractivity (Wildman–Crippen MR) is 85.6 cm³/mol. The number of rotatable bonds is 2. The molecule has 0 spiro atoms. The van der Waals surface area contributed by atoms with Gasteiger partial charge in [-0.15, -0.1) is 0 Å². The molecular formula is C18H15ClN2O2. The van der Waals surface area contributed by atoms with Gasteiger partial charge in [-0.05, 0) is 36.2 Å². The maximum absolute atomic E-state index is 12.7. The Labute approximate surface area is 138 Å². The Bertz CT molecular complexity index is 751. The topological polar surface area (TPSA) is 49.7 Å². The van der Waals surface area contributed by atoms with Crippen molar-refractivity contribution in [3.8, 4) is 0 Å². The summed E-state index contributed by atoms with van der Waals surface area (Å²) in [5.74, 6) is 0.972. The molecule has 5 aliphatic rings. The van der Waals surface area contributed by atoms with Gasteiger partial charge in [0, 0.05) is 10.6 Å². The van der Waals surface area contributed by atoms with Crippen molar-refractivity contribution in [2.75, 3.05) is 0 Å². The van der Waals surface area contributed by atoms with Gasteiger partial charge in [-0.25, -0.2) is 0 Å². The number of nitrogens with zero attached hydrogens (tertiary/aromatic N) is 2. The van der Waals surface area contributed by atoms with Gasteiger partial charge in [0.15, 0.2) is 0 Å². The van der Waals surface area contributed by atoms with E-state index < -0.39 is 0 Å². The van der Waals surface area contributed by atoms with E-state index in [1.54, 1.807) is 6.07 Å². The summed E-state index contributed by atoms with van der Waals surface area (Å²) in [4.78, 5) is 25.5. The fourth-order valence-corrected chi connectivity index (χ4v) is 4.94. The molecule has 4 nitrogen and oxygen atoms in total. The van der Waals surface area contributed by atoms with Crippen LogP contribution in [-0.4, -0.2) is 23.0 Å². The average molecular weight is 327 g/mol. The Hall–Kier alpha value is -1.94. The van der Waals surface area contributed by atoms with Crippen LogP contribution in [0.5, 0.6) is 0 Å². The summed E-state index contributed by atoms with van der Waals surface area (Å²) in [6.07, 6.45) is 6.99. The molecule has 2 amide bonds. The van der Waals surface area contributed by atoms with E-state index in [-0.39, 0.29) is 35.5 Å². The molecule has 116 valence electrons. The van der Waals surface area contributed by atoms with Crippen LogP contribution in [0.4, 0.5) is 0 Å². The third-order valence-corrected chi connectivity index (χ3v) is 6.20. The molecule has 1 heterocycles. The molecule has 1 saturated heterocycles. The molecular weight excluding hydrogens is 312 g/mol. The first kappa shape index (κ1) is 13.5. The Balaban J connectivity index is 1.47. The highest BCUT2D eigenvalue weighted by molar-refractivity contribution is 6.33. The lowest BCUT2D eigenvalue weighted by Gasteiger charge is -2.37. The zero-order valence-corrected chi connectivity index (χ0v) is 13.1. The molecule has 1 aromatic carbocycles. The molecule has 2 bridgehead atoms. The molecule has 6 rings (SSSR count). The molecule has 0 unspecified atom stereocenters. The number of allylic oxidation sites excluding steroid dienone is 2. The lowest BCUT2D eigenvalue weighted by Crippen LogP contribution is -2.40. The Morgan fingerprint density at radius 3 is 2.26 bits per heavy atom. The Morgan fingerprint density at radius 2 is 1.65 bits per heavy atom. The van der Waals surface area contributed by atoms with E-state index in [1.165, 1.54) is 12.6 Å². The maximum atomic E-state index is 12.7. The number of benzene rings is 1. The van der Waals surface area contributed by atoms with Crippen molar-refractivity contribution < 1.29 is 9.59 Å². The van der Waals surface area contributed by atoms with Crippen LogP contribution in [0.2, 0.25) is 5.02 Å². The average Bonchev–Trinajstić information content (AvgIpc) is 3.33. The van der Waals surface area contributed by atoms with Gasteiger partial charge in [-0.1, -0.05) is 42.0 Å². The molecule has 0 N–H and O–H groups in total. The van der Waals surface area contributed by atoms with Gasteiger partial charge in [0.05, 0.1) is 18.1 Å². The minimum Gasteiger partial charge on any atom is -0.272 e. The van der Waals surface area contributed by atoms with Crippen molar-refractivity contribution in [2.45, 2.75) is 6.42 Å². The second kappa shape index (κ2) is 4.54. The van der Waals surface area contributed by atoms with E-state index in [4.69, 9.17) is 11.6 Å². The summed E-state index contributed by atoms with van der Waals surface area (Å²) < 4.78 is 0. The van der Waals surface area contributed by atoms with E-state index in [9.17, 15) is 9.59 Å². The number of imide groups is 1. The van der Waals surface area contributed by atoms with Gasteiger partial charge in [-0.3, -0.25) is 9.59 Å². The van der Waals surface area contributed by atoms with E-state index in [2.05, 4.69) is 17.3 Å². The van der Waals surface area contributed by atoms with E-state index in [0.717, 1.165) is 5.01 Å². The number of carbonyl (C=O) groups is 2. The second-order valence-electron chi connectivity index (χ2n) is 6.91. The zero-order valence-electron chi connectivity index (χ0n) is 12.3. The maximum Gasteiger partial charge on any atom is 0.254 e. The lowest BCUT2D eigenvalue weighted by molar-refractivity contribution is -0.140. The zero-order chi connectivity index (χ0) is 15.7. The number of amides is 2. The summed E-state index contributed by atoms with van der Waals surface area (Å²) in [6.45, 7) is 0. The van der Waals surface area contributed by atoms with Crippen LogP contribution in [0.15, 0.2) is 41.5 Å². The van der Waals surface area contributed by atoms with Crippen molar-refractivity contribution in [2.24, 2.45) is 40.6 Å². The number of halogens is 1. The summed E-state index contributed by atoms with van der Waals surface area (Å²) >= 11 is 6.10. The molecule has 1 aromatic rings. The van der Waals surface area contributed by atoms with Crippen molar-refractivity contribution in [1.82, 2.24) is 5.01 Å². The van der Waals surface area contributed by atoms with Gasteiger partial charge in [0.25, 0.3) is 11.8 Å². The molecule has 0 aromatic heterocycles. The molecule has 1 aliphatic heterocycles. The van der Waals surface area contributed by atoms with Crippen LogP contribution in [0, 0.1) is 35.5 Å². The number of carbonyl (C=O) groups excluding carboxylic acids is 2. The third kappa shape index (κ3) is 1.75. The fraction of sp³-hybridized carbons (Fsp3) is 0.389. The Morgan fingerprint density at radius 1 is 1.04 bits per heavy atom. The van der Waals surface area contributed by atoms with Crippen LogP contribution in [0.3, 0.4) is 0 Å². The smallest absolute Gasteiger partial charge is 0.254 e. The molecule has 0 radical (unpaired) electrons. The van der Waals surface area contributed by atoms with Crippen molar-refractivity contribution in [3.05, 3.63) is 47.0 Å². The number of hydrazone groups is 1. The summed E-state index contributed by atoms with van der Waals surface area (Å²) in [5.41, 5.74) is 0.702. The van der Waals surface area contributed by atoms with Crippen LogP contribution >= 0.6 is 11.6 Å². The molecule has 2 saturated carbocycles. The molecule has 5 heteroatoms. The molecule has 6 atom stereocenters. The minimum atomic E-state index is -0.204. The van der Waals surface area contributed by atoms with Crippen molar-refractivity contribution >= 4 is 29.6 Å². The highest BCUT2D eigenvalue weighted by Gasteiger charge is 2.67. The molecule has 4 aliphatic carbocycles. The van der Waals surface area contributed by atoms with Gasteiger partial charge in [0.1, 0.15) is 0 Å². The largest absolute Gasteiger partial charge is 0.272 e. The van der Waals surface area contributed by atoms with Gasteiger partial charge < -0.3 is 0 Å². The summed E-state index contributed by atoms with van der Waals surface area (Å²) in [5, 5.41) is 5.81. The Kier molecular flexibility index (Phi) is 2.66. The lowest BCUT2D eigenvalue weighted by atomic mass is 9.63. The van der Waals surface area contributed by atoms with Crippen LogP contribution in [0.25, 0.3) is 0 Å². The molecule has 3 fully saturated rings. The quantitative estimate of drug-likeness (QED) is 0.476. The first-order valence-electron chi connectivity index (χ1n) is 8.01. The SMILES string of the molecule is O=C1[C@@H]2[C@H]3C=C[C@@H]([C@@H]4C[C@H]34)[C@H]2C(=O)N1/N=C\c1ccccc1Cl. The van der Waals surface area contributed by atoms with E-state index in [1.807, 2.05) is 18.2 Å². The highest BCUT2D eigenvalue weighted by Crippen LogP contribution is 2.65. The third-order valence-electron chi connectivity index (χ3n) is 5.86. The van der Waals surface area contributed by atoms with Crippen LogP contribution in [-0.2, 0) is 9.59 Å². The monoisotopic (exact) mass is 326 g/mol. The predicted octanol–water partition coefficient (Wildman–Crippen LogP) is 2.73. The van der Waals surface area contributed by atoms with Crippen molar-refractivity contribution in [3.63, 3.8) is 0 Å². The standard InChI is InChI=1S/C18H15ClN2O2/c19-14-4-2-1-3-9(14)8-20-21-17(22)15-10-5-6-11(13-7-12(10)13)16(15)18(21)23/h1-6,8,10-13,15-16H,7H2/b20-8-/t10-,11-,12-,13+,15+,16+/m0/s1. The number of hydrogen-bond acceptors (Lipinski definition) is 3. The fourth-order valence-electron chi connectivity index (χ4n) is 4.75. The van der Waals surface area contributed by atoms with Crippen LogP contribution in [0.1, 0.15) is 12.0 Å². The minimum absolute atomic E-state index is 0.145. The number of hydrogen-bond donors (Lipinski definition) is 0. The van der Waals surface area contributed by atoms with Gasteiger partial charge in [-0.2, -0.15) is 10.1 Å². The summed E-state index contributed by atoms with van der Waals surface area (Å²) in [7, 11) is 0. The van der Waals surface area contributed by atoms with Gasteiger partial charge in [0.2, 0.25) is 0 Å². The van der Waals surface area contributed by atoms with Crippen molar-refractivity contribution in [1.29, 1.82) is 0 Å². The second-order valence-corrected chi connectivity index (χ2v) is 7.32. The summed E-state index contributed by atoms with van der Waals surface area (Å²) in [6, 6.07) is 7.24. The van der Waals surface area contributed by atoms with E-state index in [0.29, 0.717) is 22.4 Å². The highest BCUT2D eigenvalue weighted by atomic mass is 35.5. The van der Waals surface area contributed by atoms with Crippen LogP contribution < -0.4 is 0 Å². The normalized spacial score (nSPS) is 40.0.